The number of hydrogen-bond acceptors (Lipinski definition) is 2. The fourth-order valence-corrected chi connectivity index (χ4v) is 2.73. The molecule has 0 spiro atoms. The van der Waals surface area contributed by atoms with Crippen LogP contribution in [-0.2, 0) is 10.9 Å². The Morgan fingerprint density at radius 1 is 1.33 bits per heavy atom. The summed E-state index contributed by atoms with van der Waals surface area (Å²) in [6.45, 7) is 1.05. The van der Waals surface area contributed by atoms with Gasteiger partial charge < -0.3 is 9.64 Å². The van der Waals surface area contributed by atoms with Gasteiger partial charge in [-0.25, -0.2) is 0 Å². The van der Waals surface area contributed by atoms with Crippen molar-refractivity contribution in [2.45, 2.75) is 25.1 Å². The summed E-state index contributed by atoms with van der Waals surface area (Å²) < 4.78 is 44.7. The van der Waals surface area contributed by atoms with Crippen LogP contribution in [0, 0.1) is 0 Å². The molecule has 1 aromatic rings. The number of benzene rings is 1. The highest BCUT2D eigenvalue weighted by Gasteiger charge is 2.37. The lowest BCUT2D eigenvalue weighted by Crippen LogP contribution is -2.41. The average Bonchev–Trinajstić information content (AvgIpc) is 2.45. The lowest BCUT2D eigenvalue weighted by atomic mass is 10.0. The molecule has 7 heteroatoms. The minimum absolute atomic E-state index is 0.0871. The molecule has 2 rings (SSSR count). The van der Waals surface area contributed by atoms with Crippen molar-refractivity contribution in [1.82, 2.24) is 4.90 Å². The molecule has 0 N–H and O–H groups in total. The first-order valence-electron chi connectivity index (χ1n) is 6.52. The van der Waals surface area contributed by atoms with Gasteiger partial charge in [-0.1, -0.05) is 15.9 Å². The molecule has 21 heavy (non-hydrogen) atoms. The second-order valence-corrected chi connectivity index (χ2v) is 5.86. The van der Waals surface area contributed by atoms with E-state index < -0.39 is 17.6 Å². The molecule has 0 unspecified atom stereocenters. The van der Waals surface area contributed by atoms with Gasteiger partial charge in [-0.3, -0.25) is 4.79 Å². The summed E-state index contributed by atoms with van der Waals surface area (Å²) in [4.78, 5) is 13.8. The van der Waals surface area contributed by atoms with Crippen LogP contribution in [0.5, 0.6) is 0 Å². The Morgan fingerprint density at radius 3 is 2.52 bits per heavy atom. The van der Waals surface area contributed by atoms with E-state index in [1.807, 2.05) is 0 Å². The van der Waals surface area contributed by atoms with Crippen molar-refractivity contribution < 1.29 is 22.7 Å². The number of carbonyl (C=O) groups is 1. The number of amides is 1. The summed E-state index contributed by atoms with van der Waals surface area (Å²) in [5, 5.41) is 0. The Bertz CT molecular complexity index is 527. The molecule has 0 saturated carbocycles. The second-order valence-electron chi connectivity index (χ2n) is 4.95. The fourth-order valence-electron chi connectivity index (χ4n) is 2.37. The average molecular weight is 366 g/mol. The van der Waals surface area contributed by atoms with Crippen LogP contribution in [0.3, 0.4) is 0 Å². The van der Waals surface area contributed by atoms with Gasteiger partial charge in [-0.05, 0) is 31.0 Å². The minimum Gasteiger partial charge on any atom is -0.381 e. The van der Waals surface area contributed by atoms with Crippen molar-refractivity contribution in [3.63, 3.8) is 0 Å². The van der Waals surface area contributed by atoms with Crippen LogP contribution >= 0.6 is 15.9 Å². The van der Waals surface area contributed by atoms with Gasteiger partial charge in [0.05, 0.1) is 11.1 Å². The Kier molecular flexibility index (Phi) is 4.93. The molecule has 1 aromatic carbocycles. The predicted octanol–water partition coefficient (Wildman–Crippen LogP) is 3.72. The standard InChI is InChI=1S/C14H15BrF3NO2/c1-19(10-4-6-21-7-5-10)13(20)11-3-2-9(15)8-12(11)14(16,17)18/h2-3,8,10H,4-7H2,1H3. The van der Waals surface area contributed by atoms with Gasteiger partial charge in [0.2, 0.25) is 0 Å². The Morgan fingerprint density at radius 2 is 1.95 bits per heavy atom. The van der Waals surface area contributed by atoms with Gasteiger partial charge in [0.15, 0.2) is 0 Å². The fraction of sp³-hybridized carbons (Fsp3) is 0.500. The quantitative estimate of drug-likeness (QED) is 0.799. The largest absolute Gasteiger partial charge is 0.417 e. The maximum atomic E-state index is 13.1. The van der Waals surface area contributed by atoms with Crippen molar-refractivity contribution in [1.29, 1.82) is 0 Å². The Labute approximate surface area is 129 Å². The molecule has 0 bridgehead atoms. The van der Waals surface area contributed by atoms with E-state index in [4.69, 9.17) is 4.74 Å². The SMILES string of the molecule is CN(C(=O)c1ccc(Br)cc1C(F)(F)F)C1CCOCC1. The number of nitrogens with zero attached hydrogens (tertiary/aromatic N) is 1. The highest BCUT2D eigenvalue weighted by molar-refractivity contribution is 9.10. The summed E-state index contributed by atoms with van der Waals surface area (Å²) in [7, 11) is 1.54. The highest BCUT2D eigenvalue weighted by atomic mass is 79.9. The third-order valence-corrected chi connectivity index (χ3v) is 4.07. The van der Waals surface area contributed by atoms with Crippen LogP contribution < -0.4 is 0 Å². The van der Waals surface area contributed by atoms with Crippen molar-refractivity contribution in [3.8, 4) is 0 Å². The molecule has 0 radical (unpaired) electrons. The number of halogens is 4. The summed E-state index contributed by atoms with van der Waals surface area (Å²) >= 11 is 3.01. The normalized spacial score (nSPS) is 16.8. The van der Waals surface area contributed by atoms with E-state index in [0.717, 1.165) is 6.07 Å². The van der Waals surface area contributed by atoms with Crippen LogP contribution in [-0.4, -0.2) is 37.1 Å². The van der Waals surface area contributed by atoms with Gasteiger partial charge in [-0.15, -0.1) is 0 Å². The van der Waals surface area contributed by atoms with Gasteiger partial charge in [-0.2, -0.15) is 13.2 Å². The van der Waals surface area contributed by atoms with E-state index in [1.165, 1.54) is 17.0 Å². The Balaban J connectivity index is 2.30. The Hall–Kier alpha value is -1.08. The monoisotopic (exact) mass is 365 g/mol. The number of ether oxygens (including phenoxy) is 1. The summed E-state index contributed by atoms with van der Waals surface area (Å²) in [5.74, 6) is -0.610. The summed E-state index contributed by atoms with van der Waals surface area (Å²) in [5.41, 5.74) is -1.24. The number of rotatable bonds is 2. The van der Waals surface area contributed by atoms with E-state index in [1.54, 1.807) is 7.05 Å². The number of carbonyl (C=O) groups excluding carboxylic acids is 1. The van der Waals surface area contributed by atoms with Gasteiger partial charge >= 0.3 is 6.18 Å². The molecule has 0 aliphatic carbocycles. The van der Waals surface area contributed by atoms with Crippen LogP contribution in [0.1, 0.15) is 28.8 Å². The first-order chi connectivity index (χ1) is 9.80. The lowest BCUT2D eigenvalue weighted by molar-refractivity contribution is -0.138. The van der Waals surface area contributed by atoms with Gasteiger partial charge in [0.1, 0.15) is 0 Å². The van der Waals surface area contributed by atoms with Crippen LogP contribution in [0.15, 0.2) is 22.7 Å². The molecule has 1 aliphatic rings. The summed E-state index contributed by atoms with van der Waals surface area (Å²) in [6, 6.07) is 3.51. The molecule has 0 atom stereocenters. The number of hydrogen-bond donors (Lipinski definition) is 0. The molecule has 1 saturated heterocycles. The zero-order valence-corrected chi connectivity index (χ0v) is 13.0. The van der Waals surface area contributed by atoms with Crippen molar-refractivity contribution in [2.24, 2.45) is 0 Å². The topological polar surface area (TPSA) is 29.5 Å². The zero-order chi connectivity index (χ0) is 15.6. The molecular weight excluding hydrogens is 351 g/mol. The maximum Gasteiger partial charge on any atom is 0.417 e. The van der Waals surface area contributed by atoms with E-state index in [2.05, 4.69) is 15.9 Å². The molecule has 1 aliphatic heterocycles. The first kappa shape index (κ1) is 16.3. The summed E-state index contributed by atoms with van der Waals surface area (Å²) in [6.07, 6.45) is -3.29. The first-order valence-corrected chi connectivity index (χ1v) is 7.31. The molecule has 0 aromatic heterocycles. The maximum absolute atomic E-state index is 13.1. The molecule has 3 nitrogen and oxygen atoms in total. The van der Waals surface area contributed by atoms with E-state index in [0.29, 0.717) is 30.5 Å². The van der Waals surface area contributed by atoms with Crippen molar-refractivity contribution in [3.05, 3.63) is 33.8 Å². The van der Waals surface area contributed by atoms with Crippen LogP contribution in [0.4, 0.5) is 13.2 Å². The van der Waals surface area contributed by atoms with Crippen LogP contribution in [0.2, 0.25) is 0 Å². The van der Waals surface area contributed by atoms with Crippen molar-refractivity contribution >= 4 is 21.8 Å². The van der Waals surface area contributed by atoms with Crippen molar-refractivity contribution in [2.75, 3.05) is 20.3 Å². The lowest BCUT2D eigenvalue weighted by Gasteiger charge is -2.31. The smallest absolute Gasteiger partial charge is 0.381 e. The molecule has 1 fully saturated rings. The minimum atomic E-state index is -4.56. The zero-order valence-electron chi connectivity index (χ0n) is 11.4. The second kappa shape index (κ2) is 6.36. The van der Waals surface area contributed by atoms with Gasteiger partial charge in [0, 0.05) is 30.8 Å². The molecule has 1 amide bonds. The number of alkyl halides is 3. The molecular formula is C14H15BrF3NO2. The van der Waals surface area contributed by atoms with E-state index in [9.17, 15) is 18.0 Å². The highest BCUT2D eigenvalue weighted by Crippen LogP contribution is 2.34. The molecule has 116 valence electrons. The third kappa shape index (κ3) is 3.77. The van der Waals surface area contributed by atoms with Crippen LogP contribution in [0.25, 0.3) is 0 Å². The predicted molar refractivity (Wildman–Crippen MR) is 75.1 cm³/mol. The molecule has 1 heterocycles. The van der Waals surface area contributed by atoms with E-state index >= 15 is 0 Å². The third-order valence-electron chi connectivity index (χ3n) is 3.58. The van der Waals surface area contributed by atoms with E-state index in [-0.39, 0.29) is 11.6 Å². The van der Waals surface area contributed by atoms with Gasteiger partial charge in [0.25, 0.3) is 5.91 Å².